The third-order valence-corrected chi connectivity index (χ3v) is 2.25. The molecule has 1 aromatic rings. The molecule has 9 heteroatoms. The number of hydrazine groups is 1. The quantitative estimate of drug-likeness (QED) is 0.329. The Labute approximate surface area is 113 Å². The fourth-order valence-corrected chi connectivity index (χ4v) is 1.30. The molecular formula is C10H12ClN5O3. The molecule has 0 aliphatic heterocycles. The van der Waals surface area contributed by atoms with Gasteiger partial charge in [-0.3, -0.25) is 10.2 Å². The van der Waals surface area contributed by atoms with Crippen LogP contribution in [-0.2, 0) is 0 Å². The molecule has 0 aromatic heterocycles. The summed E-state index contributed by atoms with van der Waals surface area (Å²) in [5, 5.41) is 3.01. The van der Waals surface area contributed by atoms with Gasteiger partial charge in [-0.05, 0) is 24.3 Å². The minimum Gasteiger partial charge on any atom is -0.399 e. The summed E-state index contributed by atoms with van der Waals surface area (Å²) in [6.45, 7) is -0.0609. The zero-order valence-electron chi connectivity index (χ0n) is 9.80. The minimum absolute atomic E-state index is 0.0467. The fraction of sp³-hybridized carbons (Fsp3) is 0.200. The Morgan fingerprint density at radius 3 is 2.42 bits per heavy atom. The number of hydrogen-bond donors (Lipinski definition) is 3. The van der Waals surface area contributed by atoms with Gasteiger partial charge in [-0.1, -0.05) is 0 Å². The number of nitrogens with two attached hydrogens (primary N) is 1. The van der Waals surface area contributed by atoms with Crippen LogP contribution in [0.4, 0.5) is 10.5 Å². The highest BCUT2D eigenvalue weighted by Gasteiger charge is 2.14. The average Bonchev–Trinajstić information content (AvgIpc) is 2.42. The Bertz CT molecular complexity index is 465. The third kappa shape index (κ3) is 4.43. The molecule has 0 fully saturated rings. The second-order valence-corrected chi connectivity index (χ2v) is 3.78. The van der Waals surface area contributed by atoms with E-state index in [1.165, 1.54) is 12.1 Å². The Kier molecular flexibility index (Phi) is 5.55. The Morgan fingerprint density at radius 1 is 1.26 bits per heavy atom. The zero-order valence-corrected chi connectivity index (χ0v) is 10.6. The van der Waals surface area contributed by atoms with Gasteiger partial charge >= 0.3 is 6.03 Å². The molecule has 0 aliphatic rings. The van der Waals surface area contributed by atoms with Crippen molar-refractivity contribution in [3.63, 3.8) is 0 Å². The number of hydrogen-bond acceptors (Lipinski definition) is 5. The highest BCUT2D eigenvalue weighted by Crippen LogP contribution is 2.04. The molecule has 0 bridgehead atoms. The summed E-state index contributed by atoms with van der Waals surface area (Å²) in [5.74, 6) is -0.504. The number of nitroso groups, excluding NO2 is 1. The summed E-state index contributed by atoms with van der Waals surface area (Å²) < 4.78 is 0. The van der Waals surface area contributed by atoms with E-state index in [-0.39, 0.29) is 12.4 Å². The summed E-state index contributed by atoms with van der Waals surface area (Å²) in [7, 11) is 0. The number of urea groups is 1. The molecule has 0 saturated heterocycles. The summed E-state index contributed by atoms with van der Waals surface area (Å²) in [4.78, 5) is 33.3. The molecule has 102 valence electrons. The first-order valence-electron chi connectivity index (χ1n) is 5.21. The van der Waals surface area contributed by atoms with E-state index >= 15 is 0 Å². The van der Waals surface area contributed by atoms with Gasteiger partial charge in [0.05, 0.1) is 11.8 Å². The Morgan fingerprint density at radius 2 is 1.89 bits per heavy atom. The summed E-state index contributed by atoms with van der Waals surface area (Å²) >= 11 is 5.37. The first kappa shape index (κ1) is 14.7. The van der Waals surface area contributed by atoms with Gasteiger partial charge in [-0.15, -0.1) is 16.5 Å². The molecule has 0 heterocycles. The van der Waals surface area contributed by atoms with Gasteiger partial charge in [0.1, 0.15) is 0 Å². The smallest absolute Gasteiger partial charge is 0.359 e. The summed E-state index contributed by atoms with van der Waals surface area (Å²) in [6.07, 6.45) is 0. The van der Waals surface area contributed by atoms with Crippen LogP contribution < -0.4 is 16.6 Å². The van der Waals surface area contributed by atoms with E-state index in [0.29, 0.717) is 16.3 Å². The second kappa shape index (κ2) is 7.17. The molecule has 0 atom stereocenters. The lowest BCUT2D eigenvalue weighted by molar-refractivity contribution is 0.0930. The topological polar surface area (TPSA) is 117 Å². The molecule has 3 amide bonds. The monoisotopic (exact) mass is 285 g/mol. The van der Waals surface area contributed by atoms with Crippen molar-refractivity contribution < 1.29 is 9.59 Å². The van der Waals surface area contributed by atoms with Crippen LogP contribution in [0.25, 0.3) is 0 Å². The third-order valence-electron chi connectivity index (χ3n) is 2.09. The van der Waals surface area contributed by atoms with E-state index in [9.17, 15) is 14.5 Å². The normalized spacial score (nSPS) is 9.53. The maximum atomic E-state index is 11.6. The summed E-state index contributed by atoms with van der Waals surface area (Å²) in [6, 6.07) is 5.20. The first-order valence-corrected chi connectivity index (χ1v) is 5.74. The summed E-state index contributed by atoms with van der Waals surface area (Å²) in [5.41, 5.74) is 10.5. The van der Waals surface area contributed by atoms with Crippen LogP contribution in [0.3, 0.4) is 0 Å². The standard InChI is InChI=1S/C10H12ClN5O3/c11-5-6-16(15-19)10(18)14-13-9(17)7-1-3-8(12)4-2-7/h1-4H,5-6,12H2,(H,13,17)(H,14,18). The number of alkyl halides is 1. The van der Waals surface area contributed by atoms with Gasteiger partial charge in [0.25, 0.3) is 5.91 Å². The molecular weight excluding hydrogens is 274 g/mol. The Balaban J connectivity index is 2.52. The van der Waals surface area contributed by atoms with Gasteiger partial charge < -0.3 is 5.73 Å². The van der Waals surface area contributed by atoms with Crippen LogP contribution in [0, 0.1) is 4.91 Å². The van der Waals surface area contributed by atoms with Crippen molar-refractivity contribution in [2.75, 3.05) is 18.2 Å². The van der Waals surface area contributed by atoms with Crippen LogP contribution in [-0.4, -0.2) is 29.4 Å². The maximum absolute atomic E-state index is 11.6. The maximum Gasteiger partial charge on any atom is 0.359 e. The number of halogens is 1. The van der Waals surface area contributed by atoms with Crippen LogP contribution in [0.2, 0.25) is 0 Å². The molecule has 4 N–H and O–H groups in total. The van der Waals surface area contributed by atoms with E-state index in [1.54, 1.807) is 12.1 Å². The molecule has 0 aliphatic carbocycles. The second-order valence-electron chi connectivity index (χ2n) is 3.40. The lowest BCUT2D eigenvalue weighted by atomic mass is 10.2. The van der Waals surface area contributed by atoms with E-state index in [1.807, 2.05) is 5.43 Å². The van der Waals surface area contributed by atoms with Crippen molar-refractivity contribution in [3.05, 3.63) is 34.7 Å². The van der Waals surface area contributed by atoms with E-state index < -0.39 is 11.9 Å². The molecule has 0 spiro atoms. The molecule has 1 aromatic carbocycles. The van der Waals surface area contributed by atoms with Crippen LogP contribution >= 0.6 is 11.6 Å². The highest BCUT2D eigenvalue weighted by molar-refractivity contribution is 6.18. The number of nitrogen functional groups attached to an aromatic ring is 1. The number of benzene rings is 1. The van der Waals surface area contributed by atoms with E-state index in [0.717, 1.165) is 0 Å². The number of nitrogens with zero attached hydrogens (tertiary/aromatic N) is 2. The molecule has 0 radical (unpaired) electrons. The van der Waals surface area contributed by atoms with Gasteiger partial charge in [-0.2, -0.15) is 5.01 Å². The number of nitrogens with one attached hydrogen (secondary N) is 2. The van der Waals surface area contributed by atoms with Gasteiger partial charge in [0.15, 0.2) is 0 Å². The lowest BCUT2D eigenvalue weighted by Crippen LogP contribution is -2.47. The van der Waals surface area contributed by atoms with Gasteiger partial charge in [-0.25, -0.2) is 10.2 Å². The zero-order chi connectivity index (χ0) is 14.3. The van der Waals surface area contributed by atoms with Gasteiger partial charge in [0.2, 0.25) is 0 Å². The van der Waals surface area contributed by atoms with Crippen molar-refractivity contribution in [1.29, 1.82) is 0 Å². The SMILES string of the molecule is Nc1ccc(C(=O)NNC(=O)N(CCCl)N=O)cc1. The van der Waals surface area contributed by atoms with Crippen molar-refractivity contribution >= 4 is 29.2 Å². The molecule has 8 nitrogen and oxygen atoms in total. The predicted octanol–water partition coefficient (Wildman–Crippen LogP) is 0.845. The molecule has 1 rings (SSSR count). The molecule has 0 saturated carbocycles. The predicted molar refractivity (Wildman–Crippen MR) is 70.1 cm³/mol. The van der Waals surface area contributed by atoms with Crippen LogP contribution in [0.15, 0.2) is 29.6 Å². The fourth-order valence-electron chi connectivity index (χ4n) is 1.14. The van der Waals surface area contributed by atoms with Crippen LogP contribution in [0.5, 0.6) is 0 Å². The number of anilines is 1. The number of rotatable bonds is 4. The largest absolute Gasteiger partial charge is 0.399 e. The lowest BCUT2D eigenvalue weighted by Gasteiger charge is -2.13. The van der Waals surface area contributed by atoms with Crippen molar-refractivity contribution in [2.24, 2.45) is 5.29 Å². The average molecular weight is 286 g/mol. The van der Waals surface area contributed by atoms with E-state index in [2.05, 4.69) is 10.7 Å². The van der Waals surface area contributed by atoms with Crippen molar-refractivity contribution in [3.8, 4) is 0 Å². The van der Waals surface area contributed by atoms with Gasteiger partial charge in [0, 0.05) is 17.1 Å². The van der Waals surface area contributed by atoms with E-state index in [4.69, 9.17) is 17.3 Å². The number of carbonyl (C=O) groups is 2. The van der Waals surface area contributed by atoms with Crippen molar-refractivity contribution in [2.45, 2.75) is 0 Å². The Hall–Kier alpha value is -2.35. The molecule has 0 unspecified atom stereocenters. The van der Waals surface area contributed by atoms with Crippen molar-refractivity contribution in [1.82, 2.24) is 15.9 Å². The molecule has 19 heavy (non-hydrogen) atoms. The number of amides is 3. The highest BCUT2D eigenvalue weighted by atomic mass is 35.5. The number of carbonyl (C=O) groups excluding carboxylic acids is 2. The van der Waals surface area contributed by atoms with Crippen LogP contribution in [0.1, 0.15) is 10.4 Å². The first-order chi connectivity index (χ1) is 9.08. The minimum atomic E-state index is -0.876.